The lowest BCUT2D eigenvalue weighted by molar-refractivity contribution is -0.181. The Kier molecular flexibility index (Phi) is 10.4. The number of aliphatic hydroxyl groups excluding tert-OH is 1. The van der Waals surface area contributed by atoms with E-state index in [0.717, 1.165) is 56.9 Å². The first-order chi connectivity index (χ1) is 20.9. The maximum Gasteiger partial charge on any atom is 0.306 e. The van der Waals surface area contributed by atoms with Crippen LogP contribution in [0.5, 0.6) is 0 Å². The zero-order valence-corrected chi connectivity index (χ0v) is 28.2. The monoisotopic (exact) mass is 630 g/mol. The Morgan fingerprint density at radius 2 is 1.77 bits per heavy atom. The van der Waals surface area contributed by atoms with Gasteiger partial charge in [-0.2, -0.15) is 0 Å². The summed E-state index contributed by atoms with van der Waals surface area (Å²) in [5.41, 5.74) is 0.958. The van der Waals surface area contributed by atoms with Gasteiger partial charge in [0.15, 0.2) is 0 Å². The molecular formula is C36H55O7P. The van der Waals surface area contributed by atoms with Gasteiger partial charge in [0.05, 0.1) is 19.1 Å². The van der Waals surface area contributed by atoms with Crippen LogP contribution in [0.4, 0.5) is 0 Å². The first kappa shape index (κ1) is 33.7. The molecule has 4 aliphatic rings. The Morgan fingerprint density at radius 3 is 2.48 bits per heavy atom. The number of esters is 1. The lowest BCUT2D eigenvalue weighted by atomic mass is 9.43. The molecule has 246 valence electrons. The molecule has 4 fully saturated rings. The molecule has 11 atom stereocenters. The summed E-state index contributed by atoms with van der Waals surface area (Å²) in [6, 6.07) is 9.69. The maximum atomic E-state index is 13.3. The van der Waals surface area contributed by atoms with Gasteiger partial charge in [0.2, 0.25) is 7.37 Å². The Balaban J connectivity index is 1.15. The molecule has 2 N–H and O–H groups in total. The lowest BCUT2D eigenvalue weighted by Gasteiger charge is -2.62. The maximum absolute atomic E-state index is 13.3. The molecule has 7 nitrogen and oxygen atoms in total. The fourth-order valence-corrected chi connectivity index (χ4v) is 11.9. The molecule has 4 unspecified atom stereocenters. The van der Waals surface area contributed by atoms with Crippen LogP contribution >= 0.6 is 7.37 Å². The molecule has 0 heterocycles. The van der Waals surface area contributed by atoms with Crippen molar-refractivity contribution < 1.29 is 33.6 Å². The number of carbonyl (C=O) groups is 2. The molecule has 0 amide bonds. The molecule has 4 aliphatic carbocycles. The van der Waals surface area contributed by atoms with Crippen LogP contribution in [0.2, 0.25) is 0 Å². The summed E-state index contributed by atoms with van der Waals surface area (Å²) in [4.78, 5) is 24.2. The van der Waals surface area contributed by atoms with E-state index in [1.807, 2.05) is 37.3 Å². The van der Waals surface area contributed by atoms with Gasteiger partial charge in [0.25, 0.3) is 0 Å². The molecule has 8 heteroatoms. The summed E-state index contributed by atoms with van der Waals surface area (Å²) in [6.45, 7) is 9.07. The van der Waals surface area contributed by atoms with Crippen molar-refractivity contribution in [2.45, 2.75) is 117 Å². The Labute approximate surface area is 264 Å². The summed E-state index contributed by atoms with van der Waals surface area (Å²) in [6.07, 6.45) is 9.17. The number of aliphatic hydroxyl groups is 1. The second kappa shape index (κ2) is 13.6. The highest BCUT2D eigenvalue weighted by Gasteiger charge is 2.63. The van der Waals surface area contributed by atoms with E-state index >= 15 is 0 Å². The van der Waals surface area contributed by atoms with Crippen LogP contribution < -0.4 is 0 Å². The first-order valence-corrected chi connectivity index (χ1v) is 19.2. The SMILES string of the molecule is CCP(=O)(CCC(=O)O[C@@H]1CC[C@]2(C)C3C[C@H](O)[C@@]4(C)C(CC[C@@H]4[C@H](C)CCC(=O)O)C3CC[C@@H]2C1)OCc1ccccc1. The molecule has 0 radical (unpaired) electrons. The van der Waals surface area contributed by atoms with Crippen LogP contribution in [-0.4, -0.2) is 46.7 Å². The van der Waals surface area contributed by atoms with Crippen molar-refractivity contribution in [2.24, 2.45) is 46.3 Å². The second-order valence-corrected chi connectivity index (χ2v) is 18.1. The summed E-state index contributed by atoms with van der Waals surface area (Å²) in [5.74, 6) is 1.68. The van der Waals surface area contributed by atoms with Crippen LogP contribution in [0.25, 0.3) is 0 Å². The molecule has 44 heavy (non-hydrogen) atoms. The standard InChI is InChI=1S/C36H55O7P/c1-5-44(41,42-23-25-9-7-6-8-10-25)20-18-34(40)43-27-17-19-35(3)26(21-27)12-13-28-30-15-14-29(24(2)11-16-33(38)39)36(30,4)32(37)22-31(28)35/h6-10,24,26-32,37H,5,11-23H2,1-4H3,(H,38,39)/t24-,26-,27-,28?,29-,30?,31?,32+,35+,36-,44?/m1/s1. The fourth-order valence-electron chi connectivity index (χ4n) is 10.4. The second-order valence-electron chi connectivity index (χ2n) is 15.1. The van der Waals surface area contributed by atoms with Crippen molar-refractivity contribution in [1.29, 1.82) is 0 Å². The molecule has 5 rings (SSSR count). The number of carboxylic acids is 1. The lowest BCUT2D eigenvalue weighted by Crippen LogP contribution is -2.59. The fraction of sp³-hybridized carbons (Fsp3) is 0.778. The van der Waals surface area contributed by atoms with Gasteiger partial charge in [-0.3, -0.25) is 14.2 Å². The average Bonchev–Trinajstić information content (AvgIpc) is 3.38. The van der Waals surface area contributed by atoms with Crippen LogP contribution in [0.15, 0.2) is 30.3 Å². The minimum absolute atomic E-state index is 0.104. The van der Waals surface area contributed by atoms with E-state index in [1.54, 1.807) is 0 Å². The number of hydrogen-bond donors (Lipinski definition) is 2. The molecule has 1 aromatic rings. The van der Waals surface area contributed by atoms with Gasteiger partial charge in [-0.05, 0) is 110 Å². The van der Waals surface area contributed by atoms with E-state index in [0.29, 0.717) is 48.1 Å². The van der Waals surface area contributed by atoms with E-state index < -0.39 is 13.3 Å². The Bertz CT molecular complexity index is 1200. The number of carboxylic acid groups (broad SMARTS) is 1. The zero-order chi connectivity index (χ0) is 31.7. The number of carbonyl (C=O) groups excluding carboxylic acids is 1. The number of fused-ring (bicyclic) bond motifs is 5. The topological polar surface area (TPSA) is 110 Å². The minimum Gasteiger partial charge on any atom is -0.481 e. The predicted molar refractivity (Wildman–Crippen MR) is 171 cm³/mol. The van der Waals surface area contributed by atoms with Crippen molar-refractivity contribution in [3.05, 3.63) is 35.9 Å². The third kappa shape index (κ3) is 6.72. The molecule has 0 bridgehead atoms. The highest BCUT2D eigenvalue weighted by molar-refractivity contribution is 7.58. The molecule has 0 aromatic heterocycles. The highest BCUT2D eigenvalue weighted by Crippen LogP contribution is 2.68. The first-order valence-electron chi connectivity index (χ1n) is 17.3. The molecule has 0 aliphatic heterocycles. The normalized spacial score (nSPS) is 38.4. The number of aliphatic carboxylic acids is 1. The highest BCUT2D eigenvalue weighted by atomic mass is 31.2. The summed E-state index contributed by atoms with van der Waals surface area (Å²) in [7, 11) is -2.91. The number of rotatable bonds is 12. The smallest absolute Gasteiger partial charge is 0.306 e. The largest absolute Gasteiger partial charge is 0.481 e. The van der Waals surface area contributed by atoms with E-state index in [2.05, 4.69) is 20.8 Å². The van der Waals surface area contributed by atoms with Gasteiger partial charge in [-0.25, -0.2) is 0 Å². The third-order valence-electron chi connectivity index (χ3n) is 13.0. The third-order valence-corrected chi connectivity index (χ3v) is 15.5. The predicted octanol–water partition coefficient (Wildman–Crippen LogP) is 7.93. The van der Waals surface area contributed by atoms with Crippen molar-refractivity contribution in [3.8, 4) is 0 Å². The number of ether oxygens (including phenoxy) is 1. The summed E-state index contributed by atoms with van der Waals surface area (Å²) in [5, 5.41) is 21.0. The van der Waals surface area contributed by atoms with E-state index in [9.17, 15) is 24.4 Å². The summed E-state index contributed by atoms with van der Waals surface area (Å²) < 4.78 is 25.1. The van der Waals surface area contributed by atoms with Crippen molar-refractivity contribution in [1.82, 2.24) is 0 Å². The van der Waals surface area contributed by atoms with Crippen LogP contribution in [0, 0.1) is 46.3 Å². The van der Waals surface area contributed by atoms with E-state index in [4.69, 9.17) is 9.26 Å². The zero-order valence-electron chi connectivity index (χ0n) is 27.3. The molecule has 1 aromatic carbocycles. The molecule has 0 spiro atoms. The quantitative estimate of drug-likeness (QED) is 0.178. The number of hydrogen-bond acceptors (Lipinski definition) is 6. The number of benzene rings is 1. The Morgan fingerprint density at radius 1 is 1.02 bits per heavy atom. The van der Waals surface area contributed by atoms with E-state index in [-0.39, 0.29) is 54.6 Å². The van der Waals surface area contributed by atoms with Crippen LogP contribution in [0.1, 0.15) is 104 Å². The molecule has 0 saturated heterocycles. The van der Waals surface area contributed by atoms with Crippen molar-refractivity contribution >= 4 is 19.3 Å². The molecule has 4 saturated carbocycles. The van der Waals surface area contributed by atoms with Crippen LogP contribution in [-0.2, 0) is 30.0 Å². The van der Waals surface area contributed by atoms with Gasteiger partial charge >= 0.3 is 11.9 Å². The summed E-state index contributed by atoms with van der Waals surface area (Å²) >= 11 is 0. The minimum atomic E-state index is -2.91. The Hall–Kier alpha value is -1.69. The van der Waals surface area contributed by atoms with Gasteiger partial charge in [0, 0.05) is 18.7 Å². The van der Waals surface area contributed by atoms with Gasteiger partial charge in [-0.1, -0.05) is 58.0 Å². The van der Waals surface area contributed by atoms with Crippen molar-refractivity contribution in [2.75, 3.05) is 12.3 Å². The van der Waals surface area contributed by atoms with Gasteiger partial charge in [-0.15, -0.1) is 0 Å². The molecular weight excluding hydrogens is 575 g/mol. The van der Waals surface area contributed by atoms with Crippen molar-refractivity contribution in [3.63, 3.8) is 0 Å². The van der Waals surface area contributed by atoms with Crippen LogP contribution in [0.3, 0.4) is 0 Å². The van der Waals surface area contributed by atoms with Gasteiger partial charge in [0.1, 0.15) is 6.10 Å². The van der Waals surface area contributed by atoms with Gasteiger partial charge < -0.3 is 19.5 Å². The van der Waals surface area contributed by atoms with E-state index in [1.165, 1.54) is 0 Å². The average molecular weight is 631 g/mol.